The maximum Gasteiger partial charge on any atom is 0.221 e. The van der Waals surface area contributed by atoms with E-state index >= 15 is 0 Å². The predicted octanol–water partition coefficient (Wildman–Crippen LogP) is 5.31. The lowest BCUT2D eigenvalue weighted by molar-refractivity contribution is 0.102. The molecule has 128 valence electrons. The third-order valence-electron chi connectivity index (χ3n) is 3.95. The number of ketones is 1. The first-order valence-electron chi connectivity index (χ1n) is 7.66. The van der Waals surface area contributed by atoms with E-state index in [0.29, 0.717) is 22.1 Å². The van der Waals surface area contributed by atoms with Crippen molar-refractivity contribution in [3.63, 3.8) is 0 Å². The fourth-order valence-corrected chi connectivity index (χ4v) is 2.71. The molecule has 0 aliphatic carbocycles. The molecule has 0 atom stereocenters. The Hall–Kier alpha value is -2.72. The Bertz CT molecular complexity index is 952. The molecular weight excluding hydrogens is 340 g/mol. The Kier molecular flexibility index (Phi) is 4.81. The average Bonchev–Trinajstić information content (AvgIpc) is 2.97. The molecule has 0 saturated heterocycles. The third kappa shape index (κ3) is 3.39. The average molecular weight is 357 g/mol. The van der Waals surface area contributed by atoms with Gasteiger partial charge in [0.15, 0.2) is 17.1 Å². The van der Waals surface area contributed by atoms with Crippen LogP contribution in [0.1, 0.15) is 21.7 Å². The van der Waals surface area contributed by atoms with Crippen LogP contribution in [0.15, 0.2) is 46.9 Å². The lowest BCUT2D eigenvalue weighted by atomic mass is 10.1. The summed E-state index contributed by atoms with van der Waals surface area (Å²) in [6.07, 6.45) is 3.21. The number of methoxy groups -OCH3 is 2. The molecule has 0 aliphatic rings. The molecule has 2 aromatic carbocycles. The molecule has 3 aromatic rings. The summed E-state index contributed by atoms with van der Waals surface area (Å²) in [7, 11) is 3.13. The minimum atomic E-state index is -0.218. The third-order valence-corrected chi connectivity index (χ3v) is 4.21. The molecule has 0 radical (unpaired) electrons. The number of hydrogen-bond donors (Lipinski definition) is 0. The van der Waals surface area contributed by atoms with Gasteiger partial charge in [-0.2, -0.15) is 0 Å². The molecule has 4 nitrogen and oxygen atoms in total. The molecule has 1 heterocycles. The number of halogens is 1. The van der Waals surface area contributed by atoms with Crippen LogP contribution in [-0.2, 0) is 0 Å². The predicted molar refractivity (Wildman–Crippen MR) is 98.9 cm³/mol. The van der Waals surface area contributed by atoms with Crippen LogP contribution < -0.4 is 9.47 Å². The van der Waals surface area contributed by atoms with Gasteiger partial charge in [-0.25, -0.2) is 0 Å². The van der Waals surface area contributed by atoms with Crippen LogP contribution in [0.3, 0.4) is 0 Å². The molecule has 25 heavy (non-hydrogen) atoms. The van der Waals surface area contributed by atoms with Crippen molar-refractivity contribution in [2.75, 3.05) is 14.2 Å². The summed E-state index contributed by atoms with van der Waals surface area (Å²) < 4.78 is 16.4. The number of carbonyl (C=O) groups is 1. The van der Waals surface area contributed by atoms with E-state index in [2.05, 4.69) is 0 Å². The standard InChI is InChI=1S/C20H17ClO4/c1-12-16-10-15(23-2)11-18(24-3)20(16)25-19(12)17(22)9-6-13-4-7-14(21)8-5-13/h4-11H,1-3H3. The van der Waals surface area contributed by atoms with E-state index in [4.69, 9.17) is 25.5 Å². The number of hydrogen-bond acceptors (Lipinski definition) is 4. The van der Waals surface area contributed by atoms with Crippen molar-refractivity contribution in [3.8, 4) is 11.5 Å². The van der Waals surface area contributed by atoms with Gasteiger partial charge in [-0.3, -0.25) is 4.79 Å². The molecular formula is C20H17ClO4. The first kappa shape index (κ1) is 17.1. The van der Waals surface area contributed by atoms with Crippen molar-refractivity contribution in [1.82, 2.24) is 0 Å². The van der Waals surface area contributed by atoms with Gasteiger partial charge in [0.25, 0.3) is 0 Å². The zero-order valence-corrected chi connectivity index (χ0v) is 14.9. The molecule has 1 aromatic heterocycles. The van der Waals surface area contributed by atoms with Crippen molar-refractivity contribution >= 4 is 34.4 Å². The molecule has 0 spiro atoms. The summed E-state index contributed by atoms with van der Waals surface area (Å²) in [4.78, 5) is 12.6. The maximum atomic E-state index is 12.6. The summed E-state index contributed by atoms with van der Waals surface area (Å²) >= 11 is 5.86. The van der Waals surface area contributed by atoms with E-state index in [0.717, 1.165) is 16.5 Å². The Labute approximate surface area is 150 Å². The number of benzene rings is 2. The van der Waals surface area contributed by atoms with Crippen molar-refractivity contribution < 1.29 is 18.7 Å². The van der Waals surface area contributed by atoms with Crippen LogP contribution in [0.25, 0.3) is 17.0 Å². The van der Waals surface area contributed by atoms with E-state index in [-0.39, 0.29) is 11.5 Å². The normalized spacial score (nSPS) is 11.2. The second-order valence-electron chi connectivity index (χ2n) is 5.51. The minimum Gasteiger partial charge on any atom is -0.497 e. The molecule has 0 bridgehead atoms. The van der Waals surface area contributed by atoms with Gasteiger partial charge >= 0.3 is 0 Å². The number of allylic oxidation sites excluding steroid dienone is 1. The van der Waals surface area contributed by atoms with Gasteiger partial charge < -0.3 is 13.9 Å². The highest BCUT2D eigenvalue weighted by Crippen LogP contribution is 2.36. The molecule has 0 N–H and O–H groups in total. The second-order valence-corrected chi connectivity index (χ2v) is 5.95. The molecule has 5 heteroatoms. The topological polar surface area (TPSA) is 48.7 Å². The van der Waals surface area contributed by atoms with Gasteiger partial charge in [-0.15, -0.1) is 0 Å². The van der Waals surface area contributed by atoms with E-state index in [9.17, 15) is 4.79 Å². The summed E-state index contributed by atoms with van der Waals surface area (Å²) in [5.41, 5.74) is 2.16. The van der Waals surface area contributed by atoms with Crippen LogP contribution in [-0.4, -0.2) is 20.0 Å². The Balaban J connectivity index is 1.99. The largest absolute Gasteiger partial charge is 0.497 e. The highest BCUT2D eigenvalue weighted by molar-refractivity contribution is 6.30. The maximum absolute atomic E-state index is 12.6. The SMILES string of the molecule is COc1cc(OC)c2oc(C(=O)C=Cc3ccc(Cl)cc3)c(C)c2c1. The molecule has 0 unspecified atom stereocenters. The molecule has 0 fully saturated rings. The van der Waals surface area contributed by atoms with Crippen molar-refractivity contribution in [3.05, 3.63) is 64.4 Å². The van der Waals surface area contributed by atoms with E-state index < -0.39 is 0 Å². The minimum absolute atomic E-state index is 0.218. The first-order chi connectivity index (χ1) is 12.0. The highest BCUT2D eigenvalue weighted by Gasteiger charge is 2.19. The van der Waals surface area contributed by atoms with E-state index in [1.807, 2.05) is 25.1 Å². The van der Waals surface area contributed by atoms with E-state index in [1.165, 1.54) is 6.08 Å². The highest BCUT2D eigenvalue weighted by atomic mass is 35.5. The van der Waals surface area contributed by atoms with Gasteiger partial charge in [-0.1, -0.05) is 29.8 Å². The van der Waals surface area contributed by atoms with Crippen molar-refractivity contribution in [2.45, 2.75) is 6.92 Å². The number of carbonyl (C=O) groups excluding carboxylic acids is 1. The van der Waals surface area contributed by atoms with Crippen LogP contribution in [0.5, 0.6) is 11.5 Å². The summed E-state index contributed by atoms with van der Waals surface area (Å²) in [6.45, 7) is 1.84. The van der Waals surface area contributed by atoms with Gasteiger partial charge in [0.05, 0.1) is 14.2 Å². The van der Waals surface area contributed by atoms with Gasteiger partial charge in [0.2, 0.25) is 5.78 Å². The zero-order valence-electron chi connectivity index (χ0n) is 14.1. The first-order valence-corrected chi connectivity index (χ1v) is 8.04. The van der Waals surface area contributed by atoms with Gasteiger partial charge in [0.1, 0.15) is 5.75 Å². The quantitative estimate of drug-likeness (QED) is 0.459. The molecule has 0 saturated carbocycles. The van der Waals surface area contributed by atoms with Crippen LogP contribution in [0.2, 0.25) is 5.02 Å². The van der Waals surface area contributed by atoms with Gasteiger partial charge in [0, 0.05) is 22.0 Å². The number of rotatable bonds is 5. The molecule has 3 rings (SSSR count). The summed E-state index contributed by atoms with van der Waals surface area (Å²) in [6, 6.07) is 10.8. The van der Waals surface area contributed by atoms with Crippen LogP contribution in [0.4, 0.5) is 0 Å². The number of ether oxygens (including phenoxy) is 2. The Morgan fingerprint density at radius 2 is 1.84 bits per heavy atom. The van der Waals surface area contributed by atoms with Crippen molar-refractivity contribution in [1.29, 1.82) is 0 Å². The second kappa shape index (κ2) is 7.03. The van der Waals surface area contributed by atoms with Crippen molar-refractivity contribution in [2.24, 2.45) is 0 Å². The zero-order chi connectivity index (χ0) is 18.0. The Morgan fingerprint density at radius 3 is 2.48 bits per heavy atom. The molecule has 0 aliphatic heterocycles. The number of fused-ring (bicyclic) bond motifs is 1. The fourth-order valence-electron chi connectivity index (χ4n) is 2.59. The lowest BCUT2D eigenvalue weighted by Crippen LogP contribution is -1.93. The monoisotopic (exact) mass is 356 g/mol. The molecule has 0 amide bonds. The van der Waals surface area contributed by atoms with E-state index in [1.54, 1.807) is 38.5 Å². The van der Waals surface area contributed by atoms with Crippen LogP contribution >= 0.6 is 11.6 Å². The Morgan fingerprint density at radius 1 is 1.12 bits per heavy atom. The number of aryl methyl sites for hydroxylation is 1. The summed E-state index contributed by atoms with van der Waals surface area (Å²) in [5, 5.41) is 1.44. The number of furan rings is 1. The lowest BCUT2D eigenvalue weighted by Gasteiger charge is -2.04. The smallest absolute Gasteiger partial charge is 0.221 e. The summed E-state index contributed by atoms with van der Waals surface area (Å²) in [5.74, 6) is 1.23. The van der Waals surface area contributed by atoms with Gasteiger partial charge in [-0.05, 0) is 36.8 Å². The van der Waals surface area contributed by atoms with Crippen LogP contribution in [0, 0.1) is 6.92 Å². The fraction of sp³-hybridized carbons (Fsp3) is 0.150.